The van der Waals surface area contributed by atoms with Gasteiger partial charge in [0.05, 0.1) is 11.0 Å². The Morgan fingerprint density at radius 2 is 1.95 bits per heavy atom. The number of para-hydroxylation sites is 1. The van der Waals surface area contributed by atoms with E-state index >= 15 is 0 Å². The third kappa shape index (κ3) is 2.94. The van der Waals surface area contributed by atoms with Crippen LogP contribution in [-0.4, -0.2) is 16.0 Å². The predicted molar refractivity (Wildman–Crippen MR) is 66.5 cm³/mol. The monoisotopic (exact) mass is 295 g/mol. The lowest BCUT2D eigenvalue weighted by molar-refractivity contribution is -0.385. The molecule has 2 aromatic rings. The van der Waals surface area contributed by atoms with Gasteiger partial charge in [0.2, 0.25) is 5.75 Å². The molecule has 0 atom stereocenters. The van der Waals surface area contributed by atoms with Crippen LogP contribution in [0.4, 0.5) is 14.5 Å². The Balaban J connectivity index is 2.53. The van der Waals surface area contributed by atoms with Gasteiger partial charge in [-0.2, -0.15) is 0 Å². The number of carboxylic acids is 1. The molecule has 0 amide bonds. The van der Waals surface area contributed by atoms with Gasteiger partial charge in [-0.05, 0) is 24.3 Å². The van der Waals surface area contributed by atoms with Crippen molar-refractivity contribution < 1.29 is 28.3 Å². The number of hydrogen-bond donors (Lipinski definition) is 1. The van der Waals surface area contributed by atoms with E-state index in [1.807, 2.05) is 0 Å². The van der Waals surface area contributed by atoms with E-state index in [-0.39, 0.29) is 0 Å². The molecule has 0 aromatic heterocycles. The molecule has 0 bridgehead atoms. The maximum atomic E-state index is 13.7. The van der Waals surface area contributed by atoms with Crippen LogP contribution in [0.5, 0.6) is 11.5 Å². The number of nitrogens with zero attached hydrogens (tertiary/aromatic N) is 1. The predicted octanol–water partition coefficient (Wildman–Crippen LogP) is 3.36. The second kappa shape index (κ2) is 5.53. The fraction of sp³-hybridized carbons (Fsp3) is 0. The number of halogens is 2. The Morgan fingerprint density at radius 3 is 2.57 bits per heavy atom. The highest BCUT2D eigenvalue weighted by molar-refractivity contribution is 5.91. The van der Waals surface area contributed by atoms with Gasteiger partial charge < -0.3 is 9.84 Å². The second-order valence-corrected chi connectivity index (χ2v) is 3.89. The SMILES string of the molecule is O=C(O)c1cccc(F)c1Oc1ccc(F)cc1[N+](=O)[O-]. The molecule has 0 radical (unpaired) electrons. The first-order valence-corrected chi connectivity index (χ1v) is 5.53. The first-order chi connectivity index (χ1) is 9.90. The molecule has 0 fully saturated rings. The number of nitro groups is 1. The summed E-state index contributed by atoms with van der Waals surface area (Å²) in [6, 6.07) is 5.57. The van der Waals surface area contributed by atoms with E-state index in [4.69, 9.17) is 9.84 Å². The van der Waals surface area contributed by atoms with Gasteiger partial charge in [0.1, 0.15) is 11.4 Å². The molecule has 0 saturated carbocycles. The molecule has 0 unspecified atom stereocenters. The average molecular weight is 295 g/mol. The summed E-state index contributed by atoms with van der Waals surface area (Å²) in [5, 5.41) is 19.8. The molecular weight excluding hydrogens is 288 g/mol. The summed E-state index contributed by atoms with van der Waals surface area (Å²) in [5.74, 6) is -4.49. The van der Waals surface area contributed by atoms with Crippen LogP contribution >= 0.6 is 0 Å². The van der Waals surface area contributed by atoms with Crippen molar-refractivity contribution in [3.05, 3.63) is 63.7 Å². The molecule has 8 heteroatoms. The number of carbonyl (C=O) groups is 1. The molecule has 2 aromatic carbocycles. The number of nitro benzene ring substituents is 1. The van der Waals surface area contributed by atoms with Gasteiger partial charge in [-0.25, -0.2) is 13.6 Å². The van der Waals surface area contributed by atoms with E-state index in [0.29, 0.717) is 6.07 Å². The van der Waals surface area contributed by atoms with Crippen molar-refractivity contribution in [3.8, 4) is 11.5 Å². The summed E-state index contributed by atoms with van der Waals surface area (Å²) in [4.78, 5) is 20.9. The summed E-state index contributed by atoms with van der Waals surface area (Å²) in [7, 11) is 0. The molecule has 2 rings (SSSR count). The third-order valence-corrected chi connectivity index (χ3v) is 2.53. The number of rotatable bonds is 4. The Bertz CT molecular complexity index is 732. The Kier molecular flexibility index (Phi) is 3.79. The highest BCUT2D eigenvalue weighted by Crippen LogP contribution is 2.34. The van der Waals surface area contributed by atoms with Gasteiger partial charge in [0.25, 0.3) is 0 Å². The molecule has 0 aliphatic carbocycles. The highest BCUT2D eigenvalue weighted by atomic mass is 19.1. The standard InChI is InChI=1S/C13H7F2NO5/c14-7-4-5-11(10(6-7)16(19)20)21-12-8(13(17)18)2-1-3-9(12)15/h1-6H,(H,17,18). The van der Waals surface area contributed by atoms with Gasteiger partial charge in [-0.15, -0.1) is 0 Å². The van der Waals surface area contributed by atoms with E-state index in [1.54, 1.807) is 0 Å². The van der Waals surface area contributed by atoms with Crippen LogP contribution in [0.15, 0.2) is 36.4 Å². The zero-order valence-electron chi connectivity index (χ0n) is 10.2. The number of carboxylic acid groups (broad SMARTS) is 1. The van der Waals surface area contributed by atoms with Crippen LogP contribution in [0.1, 0.15) is 10.4 Å². The normalized spacial score (nSPS) is 10.2. The smallest absolute Gasteiger partial charge is 0.339 e. The first-order valence-electron chi connectivity index (χ1n) is 5.53. The van der Waals surface area contributed by atoms with Crippen molar-refractivity contribution in [2.24, 2.45) is 0 Å². The van der Waals surface area contributed by atoms with Crippen molar-refractivity contribution in [2.45, 2.75) is 0 Å². The Morgan fingerprint density at radius 1 is 1.24 bits per heavy atom. The maximum absolute atomic E-state index is 13.7. The van der Waals surface area contributed by atoms with Crippen LogP contribution in [0.3, 0.4) is 0 Å². The second-order valence-electron chi connectivity index (χ2n) is 3.89. The molecule has 1 N–H and O–H groups in total. The zero-order chi connectivity index (χ0) is 15.6. The van der Waals surface area contributed by atoms with Crippen LogP contribution in [-0.2, 0) is 0 Å². The number of aromatic carboxylic acids is 1. The number of benzene rings is 2. The molecule has 108 valence electrons. The van der Waals surface area contributed by atoms with Crippen molar-refractivity contribution in [1.29, 1.82) is 0 Å². The van der Waals surface area contributed by atoms with Gasteiger partial charge in [-0.1, -0.05) is 6.07 Å². The molecule has 6 nitrogen and oxygen atoms in total. The lowest BCUT2D eigenvalue weighted by Crippen LogP contribution is -2.03. The molecule has 0 aliphatic heterocycles. The number of hydrogen-bond acceptors (Lipinski definition) is 4. The van der Waals surface area contributed by atoms with E-state index in [9.17, 15) is 23.7 Å². The van der Waals surface area contributed by atoms with E-state index in [1.165, 1.54) is 0 Å². The maximum Gasteiger partial charge on any atom is 0.339 e. The van der Waals surface area contributed by atoms with E-state index in [0.717, 1.165) is 30.3 Å². The summed E-state index contributed by atoms with van der Waals surface area (Å²) in [5.41, 5.74) is -1.25. The molecule has 0 heterocycles. The lowest BCUT2D eigenvalue weighted by atomic mass is 10.2. The molecule has 0 aliphatic rings. The summed E-state index contributed by atoms with van der Waals surface area (Å²) in [6.45, 7) is 0. The van der Waals surface area contributed by atoms with Crippen LogP contribution in [0, 0.1) is 21.7 Å². The molecule has 0 spiro atoms. The minimum atomic E-state index is -1.46. The first kappa shape index (κ1) is 14.4. The fourth-order valence-corrected chi connectivity index (χ4v) is 1.61. The van der Waals surface area contributed by atoms with Crippen LogP contribution in [0.25, 0.3) is 0 Å². The fourth-order valence-electron chi connectivity index (χ4n) is 1.61. The average Bonchev–Trinajstić information content (AvgIpc) is 2.42. The Labute approximate surface area is 116 Å². The van der Waals surface area contributed by atoms with E-state index in [2.05, 4.69) is 0 Å². The van der Waals surface area contributed by atoms with Gasteiger partial charge in [-0.3, -0.25) is 10.1 Å². The third-order valence-electron chi connectivity index (χ3n) is 2.53. The number of ether oxygens (including phenoxy) is 1. The molecular formula is C13H7F2NO5. The summed E-state index contributed by atoms with van der Waals surface area (Å²) in [6.07, 6.45) is 0. The van der Waals surface area contributed by atoms with Crippen molar-refractivity contribution in [3.63, 3.8) is 0 Å². The van der Waals surface area contributed by atoms with E-state index < -0.39 is 45.3 Å². The van der Waals surface area contributed by atoms with Gasteiger partial charge in [0, 0.05) is 0 Å². The van der Waals surface area contributed by atoms with Gasteiger partial charge >= 0.3 is 11.7 Å². The highest BCUT2D eigenvalue weighted by Gasteiger charge is 2.22. The molecule has 0 saturated heterocycles. The Hall–Kier alpha value is -3.03. The van der Waals surface area contributed by atoms with Crippen LogP contribution in [0.2, 0.25) is 0 Å². The lowest BCUT2D eigenvalue weighted by Gasteiger charge is -2.09. The van der Waals surface area contributed by atoms with Crippen LogP contribution < -0.4 is 4.74 Å². The van der Waals surface area contributed by atoms with Crippen molar-refractivity contribution in [2.75, 3.05) is 0 Å². The minimum absolute atomic E-state index is 0.464. The van der Waals surface area contributed by atoms with Crippen molar-refractivity contribution in [1.82, 2.24) is 0 Å². The van der Waals surface area contributed by atoms with Gasteiger partial charge in [0.15, 0.2) is 11.6 Å². The zero-order valence-corrected chi connectivity index (χ0v) is 10.2. The topological polar surface area (TPSA) is 89.7 Å². The largest absolute Gasteiger partial charge is 0.478 e. The quantitative estimate of drug-likeness (QED) is 0.690. The molecule has 21 heavy (non-hydrogen) atoms. The summed E-state index contributed by atoms with van der Waals surface area (Å²) >= 11 is 0. The van der Waals surface area contributed by atoms with Crippen molar-refractivity contribution >= 4 is 11.7 Å². The minimum Gasteiger partial charge on any atom is -0.478 e. The summed E-state index contributed by atoms with van der Waals surface area (Å²) < 4.78 is 31.7.